The molecule has 3 aromatic rings. The number of oxazole rings is 1. The van der Waals surface area contributed by atoms with Gasteiger partial charge in [-0.1, -0.05) is 6.58 Å². The van der Waals surface area contributed by atoms with Crippen LogP contribution in [0.3, 0.4) is 0 Å². The molecule has 1 aromatic carbocycles. The minimum absolute atomic E-state index is 0.00962. The molecule has 0 radical (unpaired) electrons. The van der Waals surface area contributed by atoms with Gasteiger partial charge in [0.05, 0.1) is 13.2 Å². The average molecular weight is 546 g/mol. The minimum atomic E-state index is -4.63. The molecule has 3 heterocycles. The van der Waals surface area contributed by atoms with Crippen LogP contribution in [-0.2, 0) is 6.18 Å². The number of likely N-dealkylation sites (tertiary alicyclic amines) is 1. The van der Waals surface area contributed by atoms with E-state index in [1.54, 1.807) is 13.0 Å². The highest BCUT2D eigenvalue weighted by Crippen LogP contribution is 2.43. The highest BCUT2D eigenvalue weighted by atomic mass is 19.4. The third-order valence-corrected chi connectivity index (χ3v) is 7.32. The van der Waals surface area contributed by atoms with Crippen molar-refractivity contribution in [2.45, 2.75) is 44.0 Å². The van der Waals surface area contributed by atoms with Gasteiger partial charge in [-0.2, -0.15) is 13.2 Å². The molecule has 39 heavy (non-hydrogen) atoms. The van der Waals surface area contributed by atoms with Gasteiger partial charge in [-0.3, -0.25) is 4.79 Å². The van der Waals surface area contributed by atoms with E-state index in [2.05, 4.69) is 26.8 Å². The summed E-state index contributed by atoms with van der Waals surface area (Å²) in [7, 11) is 1.34. The Morgan fingerprint density at radius 1 is 1.33 bits per heavy atom. The summed E-state index contributed by atoms with van der Waals surface area (Å²) in [6.45, 7) is 7.51. The van der Waals surface area contributed by atoms with Crippen molar-refractivity contribution in [3.05, 3.63) is 53.7 Å². The lowest BCUT2D eigenvalue weighted by Gasteiger charge is -2.25. The lowest BCUT2D eigenvalue weighted by atomic mass is 10.1. The van der Waals surface area contributed by atoms with Crippen molar-refractivity contribution in [2.75, 3.05) is 26.7 Å². The summed E-state index contributed by atoms with van der Waals surface area (Å²) in [5.41, 5.74) is 5.31. The summed E-state index contributed by atoms with van der Waals surface area (Å²) in [6.07, 6.45) is -2.35. The molecule has 2 aromatic heterocycles. The first-order chi connectivity index (χ1) is 18.4. The molecular formula is C27H30F3N5O4. The first kappa shape index (κ1) is 26.9. The molecule has 4 N–H and O–H groups in total. The van der Waals surface area contributed by atoms with Crippen molar-refractivity contribution in [3.8, 4) is 17.2 Å². The van der Waals surface area contributed by atoms with Gasteiger partial charge in [0, 0.05) is 36.3 Å². The zero-order valence-electron chi connectivity index (χ0n) is 21.6. The third kappa shape index (κ3) is 5.18. The highest BCUT2D eigenvalue weighted by Gasteiger charge is 2.46. The molecule has 1 saturated carbocycles. The molecule has 5 rings (SSSR count). The van der Waals surface area contributed by atoms with Crippen molar-refractivity contribution < 1.29 is 32.2 Å². The monoisotopic (exact) mass is 545 g/mol. The fourth-order valence-corrected chi connectivity index (χ4v) is 4.89. The maximum Gasteiger partial charge on any atom is 0.433 e. The lowest BCUT2D eigenvalue weighted by molar-refractivity contribution is -0.140. The van der Waals surface area contributed by atoms with E-state index in [4.69, 9.17) is 14.9 Å². The SMILES string of the molecule is C=C(N1CCC(CNC(=O)c2nc(-c3ccc(OC)c4nc(C(F)(F)F)ccc34)oc2[C@H](C)N)C1)C1(O)CC1. The lowest BCUT2D eigenvalue weighted by Crippen LogP contribution is -2.33. The molecule has 0 spiro atoms. The Labute approximate surface area is 222 Å². The number of aliphatic hydroxyl groups is 1. The summed E-state index contributed by atoms with van der Waals surface area (Å²) in [4.78, 5) is 23.4. The number of rotatable bonds is 8. The fourth-order valence-electron chi connectivity index (χ4n) is 4.89. The summed E-state index contributed by atoms with van der Waals surface area (Å²) in [6, 6.07) is 4.53. The van der Waals surface area contributed by atoms with E-state index in [0.717, 1.165) is 37.6 Å². The van der Waals surface area contributed by atoms with E-state index >= 15 is 0 Å². The van der Waals surface area contributed by atoms with Crippen molar-refractivity contribution in [2.24, 2.45) is 11.7 Å². The Hall–Kier alpha value is -3.64. The van der Waals surface area contributed by atoms with Crippen LogP contribution < -0.4 is 15.8 Å². The zero-order valence-corrected chi connectivity index (χ0v) is 21.6. The normalized spacial score (nSPS) is 19.3. The van der Waals surface area contributed by atoms with Crippen LogP contribution in [0.4, 0.5) is 13.2 Å². The number of ether oxygens (including phenoxy) is 1. The number of amides is 1. The van der Waals surface area contributed by atoms with E-state index in [9.17, 15) is 23.1 Å². The van der Waals surface area contributed by atoms with Gasteiger partial charge < -0.3 is 30.2 Å². The van der Waals surface area contributed by atoms with Crippen LogP contribution in [-0.4, -0.2) is 58.2 Å². The van der Waals surface area contributed by atoms with Crippen molar-refractivity contribution in [1.29, 1.82) is 0 Å². The van der Waals surface area contributed by atoms with E-state index in [-0.39, 0.29) is 34.5 Å². The van der Waals surface area contributed by atoms with Gasteiger partial charge in [-0.15, -0.1) is 0 Å². The smallest absolute Gasteiger partial charge is 0.433 e. The minimum Gasteiger partial charge on any atom is -0.494 e. The molecule has 1 unspecified atom stereocenters. The zero-order chi connectivity index (χ0) is 28.1. The molecule has 0 bridgehead atoms. The quantitative estimate of drug-likeness (QED) is 0.387. The van der Waals surface area contributed by atoms with Gasteiger partial charge in [0.1, 0.15) is 22.6 Å². The van der Waals surface area contributed by atoms with Gasteiger partial charge in [-0.25, -0.2) is 9.97 Å². The molecular weight excluding hydrogens is 515 g/mol. The second-order valence-electron chi connectivity index (χ2n) is 10.2. The van der Waals surface area contributed by atoms with E-state index in [0.29, 0.717) is 24.0 Å². The summed E-state index contributed by atoms with van der Waals surface area (Å²) in [5.74, 6) is 0.0357. The molecule has 2 atom stereocenters. The Balaban J connectivity index is 1.38. The van der Waals surface area contributed by atoms with Gasteiger partial charge >= 0.3 is 6.18 Å². The van der Waals surface area contributed by atoms with E-state index < -0.39 is 29.4 Å². The van der Waals surface area contributed by atoms with Crippen molar-refractivity contribution >= 4 is 16.8 Å². The third-order valence-electron chi connectivity index (χ3n) is 7.32. The number of pyridine rings is 1. The van der Waals surface area contributed by atoms with Gasteiger partial charge in [0.2, 0.25) is 5.89 Å². The average Bonchev–Trinajstić information content (AvgIpc) is 3.30. The van der Waals surface area contributed by atoms with Crippen LogP contribution in [0.25, 0.3) is 22.4 Å². The van der Waals surface area contributed by atoms with Crippen LogP contribution in [0.2, 0.25) is 0 Å². The van der Waals surface area contributed by atoms with Gasteiger partial charge in [-0.05, 0) is 56.4 Å². The van der Waals surface area contributed by atoms with Crippen molar-refractivity contribution in [1.82, 2.24) is 20.2 Å². The predicted molar refractivity (Wildman–Crippen MR) is 137 cm³/mol. The van der Waals surface area contributed by atoms with Gasteiger partial charge in [0.25, 0.3) is 5.91 Å². The molecule has 1 aliphatic heterocycles. The fraction of sp³-hybridized carbons (Fsp3) is 0.444. The van der Waals surface area contributed by atoms with Crippen LogP contribution >= 0.6 is 0 Å². The van der Waals surface area contributed by atoms with Crippen molar-refractivity contribution in [3.63, 3.8) is 0 Å². The first-order valence-corrected chi connectivity index (χ1v) is 12.7. The number of fused-ring (bicyclic) bond motifs is 1. The maximum atomic E-state index is 13.3. The predicted octanol–water partition coefficient (Wildman–Crippen LogP) is 4.03. The molecule has 208 valence electrons. The highest BCUT2D eigenvalue weighted by molar-refractivity contribution is 5.98. The molecule has 1 amide bonds. The molecule has 1 saturated heterocycles. The Bertz CT molecular complexity index is 1430. The standard InChI is InChI=1S/C27H30F3N5O4/c1-14(31)23-22(24(36)32-12-16-8-11-35(13-16)15(2)26(37)9-10-26)34-25(39-23)18-4-6-19(38-3)21-17(18)5-7-20(33-21)27(28,29)30/h4-7,14,16,37H,2,8-13,31H2,1,3H3,(H,32,36)/t14-,16?/m0/s1. The Morgan fingerprint density at radius 2 is 2.08 bits per heavy atom. The number of aromatic nitrogens is 2. The number of hydrogen-bond acceptors (Lipinski definition) is 8. The van der Waals surface area contributed by atoms with Crippen LogP contribution in [0.5, 0.6) is 5.75 Å². The number of benzene rings is 1. The topological polar surface area (TPSA) is 127 Å². The van der Waals surface area contributed by atoms with Gasteiger partial charge in [0.15, 0.2) is 11.5 Å². The Morgan fingerprint density at radius 3 is 2.72 bits per heavy atom. The first-order valence-electron chi connectivity index (χ1n) is 12.7. The summed E-state index contributed by atoms with van der Waals surface area (Å²) < 4.78 is 51.0. The molecule has 9 nitrogen and oxygen atoms in total. The number of carbonyl (C=O) groups excluding carboxylic acids is 1. The van der Waals surface area contributed by atoms with Crippen LogP contribution in [0.15, 0.2) is 41.0 Å². The Kier molecular flexibility index (Phi) is 6.79. The number of methoxy groups -OCH3 is 1. The second-order valence-corrected chi connectivity index (χ2v) is 10.2. The van der Waals surface area contributed by atoms with E-state index in [1.165, 1.54) is 19.2 Å². The number of nitrogens with two attached hydrogens (primary N) is 1. The number of halogens is 3. The van der Waals surface area contributed by atoms with Crippen LogP contribution in [0.1, 0.15) is 54.2 Å². The second kappa shape index (κ2) is 9.83. The number of nitrogens with one attached hydrogen (secondary N) is 1. The molecule has 1 aliphatic carbocycles. The van der Waals surface area contributed by atoms with Crippen LogP contribution in [0, 0.1) is 5.92 Å². The largest absolute Gasteiger partial charge is 0.494 e. The number of carbonyl (C=O) groups is 1. The molecule has 2 aliphatic rings. The number of hydrogen-bond donors (Lipinski definition) is 3. The molecule has 2 fully saturated rings. The number of alkyl halides is 3. The maximum absolute atomic E-state index is 13.3. The summed E-state index contributed by atoms with van der Waals surface area (Å²) in [5, 5.41) is 13.5. The summed E-state index contributed by atoms with van der Waals surface area (Å²) >= 11 is 0. The molecule has 12 heteroatoms. The van der Waals surface area contributed by atoms with E-state index in [1.807, 2.05) is 0 Å². The number of nitrogens with zero attached hydrogens (tertiary/aromatic N) is 3.